The summed E-state index contributed by atoms with van der Waals surface area (Å²) in [6.07, 6.45) is 1.94. The van der Waals surface area contributed by atoms with Gasteiger partial charge in [0.15, 0.2) is 0 Å². The molecule has 1 fully saturated rings. The van der Waals surface area contributed by atoms with E-state index in [0.717, 1.165) is 56.2 Å². The van der Waals surface area contributed by atoms with Crippen LogP contribution in [0.25, 0.3) is 0 Å². The lowest BCUT2D eigenvalue weighted by Gasteiger charge is -2.18. The maximum absolute atomic E-state index is 12.2. The average molecular weight is 360 g/mol. The quantitative estimate of drug-likeness (QED) is 0.886. The van der Waals surface area contributed by atoms with Crippen LogP contribution in [0.15, 0.2) is 17.5 Å². The molecule has 7 heteroatoms. The van der Waals surface area contributed by atoms with Gasteiger partial charge in [-0.3, -0.25) is 14.4 Å². The van der Waals surface area contributed by atoms with Crippen LogP contribution in [0, 0.1) is 0 Å². The first kappa shape index (κ1) is 16.8. The van der Waals surface area contributed by atoms with Crippen molar-refractivity contribution in [2.24, 2.45) is 0 Å². The lowest BCUT2D eigenvalue weighted by molar-refractivity contribution is 0.0941. The molecule has 0 spiro atoms. The number of fused-ring (bicyclic) bond motifs is 1. The average Bonchev–Trinajstić information content (AvgIpc) is 3.36. The highest BCUT2D eigenvalue weighted by Crippen LogP contribution is 2.23. The third-order valence-electron chi connectivity index (χ3n) is 5.00. The van der Waals surface area contributed by atoms with Crippen molar-refractivity contribution in [2.45, 2.75) is 45.5 Å². The molecular weight excluding hydrogens is 336 g/mol. The number of carbonyl (C=O) groups excluding carboxylic acids is 1. The molecule has 1 saturated heterocycles. The highest BCUT2D eigenvalue weighted by Gasteiger charge is 2.27. The maximum atomic E-state index is 12.2. The van der Waals surface area contributed by atoms with Gasteiger partial charge in [-0.15, -0.1) is 11.3 Å². The summed E-state index contributed by atoms with van der Waals surface area (Å²) in [7, 11) is 0. The smallest absolute Gasteiger partial charge is 0.261 e. The zero-order valence-electron chi connectivity index (χ0n) is 14.5. The van der Waals surface area contributed by atoms with Gasteiger partial charge in [-0.25, -0.2) is 0 Å². The number of hydrogen-bond donors (Lipinski definition) is 1. The number of amides is 1. The first-order chi connectivity index (χ1) is 12.2. The molecule has 1 N–H and O–H groups in total. The van der Waals surface area contributed by atoms with E-state index in [1.807, 2.05) is 17.5 Å². The number of hydrogen-bond acceptors (Lipinski definition) is 5. The minimum absolute atomic E-state index is 0.0443. The number of nitrogens with one attached hydrogen (secondary N) is 1. The number of aromatic nitrogens is 2. The Morgan fingerprint density at radius 1 is 1.52 bits per heavy atom. The molecule has 0 bridgehead atoms. The summed E-state index contributed by atoms with van der Waals surface area (Å²) >= 11 is 1.49. The van der Waals surface area contributed by atoms with E-state index >= 15 is 0 Å². The Labute approximate surface area is 151 Å². The van der Waals surface area contributed by atoms with Crippen LogP contribution in [0.1, 0.15) is 40.0 Å². The maximum Gasteiger partial charge on any atom is 0.261 e. The normalized spacial score (nSPS) is 20.6. The second-order valence-corrected chi connectivity index (χ2v) is 7.61. The van der Waals surface area contributed by atoms with E-state index in [2.05, 4.69) is 21.8 Å². The molecule has 2 aliphatic rings. The van der Waals surface area contributed by atoms with Crippen LogP contribution in [0.5, 0.6) is 0 Å². The Morgan fingerprint density at radius 3 is 3.24 bits per heavy atom. The molecule has 0 radical (unpaired) electrons. The lowest BCUT2D eigenvalue weighted by Crippen LogP contribution is -2.36. The van der Waals surface area contributed by atoms with E-state index in [0.29, 0.717) is 6.61 Å². The van der Waals surface area contributed by atoms with Crippen molar-refractivity contribution in [3.8, 4) is 0 Å². The highest BCUT2D eigenvalue weighted by atomic mass is 32.1. The predicted molar refractivity (Wildman–Crippen MR) is 96.7 cm³/mol. The minimum Gasteiger partial charge on any atom is -0.376 e. The molecular formula is C18H24N4O2S. The van der Waals surface area contributed by atoms with Gasteiger partial charge in [0.05, 0.1) is 23.8 Å². The van der Waals surface area contributed by atoms with Crippen LogP contribution in [0.3, 0.4) is 0 Å². The van der Waals surface area contributed by atoms with Crippen LogP contribution >= 0.6 is 11.3 Å². The SMILES string of the molecule is CCn1nc(CN2CCC(NC(=O)c3cccs3)C2)c2c1CCOC2. The summed E-state index contributed by atoms with van der Waals surface area (Å²) in [5.74, 6) is 0.0443. The first-order valence-corrected chi connectivity index (χ1v) is 9.84. The van der Waals surface area contributed by atoms with Gasteiger partial charge < -0.3 is 10.1 Å². The highest BCUT2D eigenvalue weighted by molar-refractivity contribution is 7.12. The second kappa shape index (κ2) is 7.27. The Bertz CT molecular complexity index is 741. The molecule has 4 heterocycles. The Hall–Kier alpha value is -1.70. The molecule has 134 valence electrons. The van der Waals surface area contributed by atoms with Crippen LogP contribution < -0.4 is 5.32 Å². The number of rotatable bonds is 5. The second-order valence-electron chi connectivity index (χ2n) is 6.66. The van der Waals surface area contributed by atoms with Crippen molar-refractivity contribution in [2.75, 3.05) is 19.7 Å². The third-order valence-corrected chi connectivity index (χ3v) is 5.87. The summed E-state index contributed by atoms with van der Waals surface area (Å²) in [6, 6.07) is 4.00. The van der Waals surface area contributed by atoms with E-state index in [9.17, 15) is 4.79 Å². The molecule has 6 nitrogen and oxygen atoms in total. The predicted octanol–water partition coefficient (Wildman–Crippen LogP) is 2.04. The van der Waals surface area contributed by atoms with E-state index in [4.69, 9.17) is 9.84 Å². The zero-order chi connectivity index (χ0) is 17.2. The van der Waals surface area contributed by atoms with E-state index in [1.54, 1.807) is 0 Å². The van der Waals surface area contributed by atoms with Gasteiger partial charge in [0.25, 0.3) is 5.91 Å². The topological polar surface area (TPSA) is 59.4 Å². The minimum atomic E-state index is 0.0443. The van der Waals surface area contributed by atoms with Crippen molar-refractivity contribution >= 4 is 17.2 Å². The van der Waals surface area contributed by atoms with Crippen LogP contribution in [0.4, 0.5) is 0 Å². The molecule has 0 aromatic carbocycles. The monoisotopic (exact) mass is 360 g/mol. The summed E-state index contributed by atoms with van der Waals surface area (Å²) < 4.78 is 7.77. The third kappa shape index (κ3) is 3.49. The fraction of sp³-hybridized carbons (Fsp3) is 0.556. The Morgan fingerprint density at radius 2 is 2.44 bits per heavy atom. The summed E-state index contributed by atoms with van der Waals surface area (Å²) in [5.41, 5.74) is 3.76. The van der Waals surface area contributed by atoms with E-state index < -0.39 is 0 Å². The molecule has 0 saturated carbocycles. The van der Waals surface area contributed by atoms with E-state index in [-0.39, 0.29) is 11.9 Å². The van der Waals surface area contributed by atoms with Gasteiger partial charge in [0.2, 0.25) is 0 Å². The Kier molecular flexibility index (Phi) is 4.87. The summed E-state index contributed by atoms with van der Waals surface area (Å²) in [6.45, 7) is 7.22. The van der Waals surface area contributed by atoms with Crippen LogP contribution in [-0.2, 0) is 30.9 Å². The summed E-state index contributed by atoms with van der Waals surface area (Å²) in [4.78, 5) is 15.4. The van der Waals surface area contributed by atoms with Gasteiger partial charge in [-0.1, -0.05) is 6.07 Å². The lowest BCUT2D eigenvalue weighted by atomic mass is 10.1. The number of carbonyl (C=O) groups is 1. The number of nitrogens with zero attached hydrogens (tertiary/aromatic N) is 3. The standard InChI is InChI=1S/C18H24N4O2S/c1-2-22-16-6-8-24-12-14(16)15(20-22)11-21-7-5-13(10-21)19-18(23)17-4-3-9-25-17/h3-4,9,13H,2,5-8,10-12H2,1H3,(H,19,23). The molecule has 1 unspecified atom stereocenters. The largest absolute Gasteiger partial charge is 0.376 e. The van der Waals surface area contributed by atoms with Crippen LogP contribution in [-0.4, -0.2) is 46.3 Å². The molecule has 2 aromatic heterocycles. The number of thiophene rings is 1. The molecule has 2 aromatic rings. The molecule has 4 rings (SSSR count). The van der Waals surface area contributed by atoms with Crippen molar-refractivity contribution in [3.05, 3.63) is 39.3 Å². The van der Waals surface area contributed by atoms with Crippen molar-refractivity contribution in [1.29, 1.82) is 0 Å². The molecule has 1 amide bonds. The van der Waals surface area contributed by atoms with E-state index in [1.165, 1.54) is 22.6 Å². The fourth-order valence-corrected chi connectivity index (χ4v) is 4.36. The van der Waals surface area contributed by atoms with Crippen molar-refractivity contribution in [3.63, 3.8) is 0 Å². The van der Waals surface area contributed by atoms with Crippen LogP contribution in [0.2, 0.25) is 0 Å². The van der Waals surface area contributed by atoms with Crippen molar-refractivity contribution < 1.29 is 9.53 Å². The number of likely N-dealkylation sites (tertiary alicyclic amines) is 1. The van der Waals surface area contributed by atoms with Crippen molar-refractivity contribution in [1.82, 2.24) is 20.0 Å². The zero-order valence-corrected chi connectivity index (χ0v) is 15.3. The fourth-order valence-electron chi connectivity index (χ4n) is 3.74. The molecule has 0 aliphatic carbocycles. The van der Waals surface area contributed by atoms with Gasteiger partial charge in [-0.2, -0.15) is 5.10 Å². The van der Waals surface area contributed by atoms with Gasteiger partial charge in [-0.05, 0) is 24.8 Å². The number of ether oxygens (including phenoxy) is 1. The molecule has 1 atom stereocenters. The number of aryl methyl sites for hydroxylation is 1. The van der Waals surface area contributed by atoms with Gasteiger partial charge >= 0.3 is 0 Å². The molecule has 2 aliphatic heterocycles. The first-order valence-electron chi connectivity index (χ1n) is 8.96. The summed E-state index contributed by atoms with van der Waals surface area (Å²) in [5, 5.41) is 9.90. The van der Waals surface area contributed by atoms with Gasteiger partial charge in [0.1, 0.15) is 0 Å². The molecule has 25 heavy (non-hydrogen) atoms. The van der Waals surface area contributed by atoms with Gasteiger partial charge in [0, 0.05) is 49.9 Å². The Balaban J connectivity index is 1.38.